The van der Waals surface area contributed by atoms with Crippen molar-refractivity contribution in [3.63, 3.8) is 0 Å². The molecule has 3 fully saturated rings. The Hall–Kier alpha value is -3.41. The number of rotatable bonds is 7. The van der Waals surface area contributed by atoms with Crippen molar-refractivity contribution in [1.29, 1.82) is 0 Å². The van der Waals surface area contributed by atoms with Crippen LogP contribution in [0.3, 0.4) is 0 Å². The second kappa shape index (κ2) is 12.2. The van der Waals surface area contributed by atoms with Gasteiger partial charge in [0.25, 0.3) is 0 Å². The Balaban J connectivity index is 1.33. The van der Waals surface area contributed by atoms with Gasteiger partial charge in [0.05, 0.1) is 16.7 Å². The number of benzene rings is 1. The molecule has 1 unspecified atom stereocenters. The van der Waals surface area contributed by atoms with E-state index in [0.29, 0.717) is 53.2 Å². The molecule has 2 aromatic heterocycles. The van der Waals surface area contributed by atoms with E-state index in [0.717, 1.165) is 51.0 Å². The largest absolute Gasteiger partial charge is 0.383 e. The van der Waals surface area contributed by atoms with Gasteiger partial charge >= 0.3 is 0 Å². The van der Waals surface area contributed by atoms with Crippen LogP contribution < -0.4 is 11.1 Å². The number of nitrogens with two attached hydrogens (primary N) is 1. The van der Waals surface area contributed by atoms with Gasteiger partial charge in [-0.25, -0.2) is 23.7 Å². The summed E-state index contributed by atoms with van der Waals surface area (Å²) in [5.41, 5.74) is 10.1. The lowest BCUT2D eigenvalue weighted by molar-refractivity contribution is 0.182. The number of hydrogen-bond acceptors (Lipinski definition) is 6. The quantitative estimate of drug-likeness (QED) is 0.301. The summed E-state index contributed by atoms with van der Waals surface area (Å²) in [7, 11) is 0. The van der Waals surface area contributed by atoms with Gasteiger partial charge in [-0.1, -0.05) is 30.5 Å². The summed E-state index contributed by atoms with van der Waals surface area (Å²) in [6.07, 6.45) is 18.0. The average molecular weight is 597 g/mol. The average Bonchev–Trinajstić information content (AvgIpc) is 3.50. The number of fused-ring (bicyclic) bond motifs is 3. The van der Waals surface area contributed by atoms with Crippen LogP contribution in [-0.2, 0) is 19.3 Å². The standard InChI is InChI=1S/C36H42F2N6/c1-2-25-27(37)13-12-24-9-5-10-26(30(24)25)33-32(38)34-31(28(41-33)14-11-23-8-3-4-19-40-22-23)35(39)43-29(42-34)15-18-36-16-6-20-44(36)21-7-17-36/h1,5,9-10,23,40H,3-4,6-8,11-22H2,(H2,39,42,43). The number of terminal acetylenes is 1. The topological polar surface area (TPSA) is 80.0 Å². The van der Waals surface area contributed by atoms with E-state index in [2.05, 4.69) is 16.1 Å². The van der Waals surface area contributed by atoms with E-state index in [1.165, 1.54) is 38.5 Å². The van der Waals surface area contributed by atoms with Gasteiger partial charge in [-0.05, 0) is 102 Å². The van der Waals surface area contributed by atoms with Crippen LogP contribution in [0.25, 0.3) is 27.7 Å². The Kier molecular flexibility index (Phi) is 8.11. The van der Waals surface area contributed by atoms with E-state index in [4.69, 9.17) is 27.1 Å². The van der Waals surface area contributed by atoms with Gasteiger partial charge in [-0.15, -0.1) is 6.42 Å². The lowest BCUT2D eigenvalue weighted by atomic mass is 9.85. The van der Waals surface area contributed by atoms with Gasteiger partial charge in [0, 0.05) is 29.5 Å². The highest BCUT2D eigenvalue weighted by Crippen LogP contribution is 2.43. The van der Waals surface area contributed by atoms with Gasteiger partial charge in [0.1, 0.15) is 28.7 Å². The number of hydrogen-bond donors (Lipinski definition) is 2. The van der Waals surface area contributed by atoms with Gasteiger partial charge in [-0.2, -0.15) is 0 Å². The Morgan fingerprint density at radius 1 is 1.05 bits per heavy atom. The molecule has 0 bridgehead atoms. The third-order valence-electron chi connectivity index (χ3n) is 10.7. The SMILES string of the molecule is C#CC1=C(F)CCc2cccc(-c3nc(CCC4CCCCNC4)c4c(N)nc(CCC56CCCN5CCC6)nc4c3F)c21. The van der Waals surface area contributed by atoms with Crippen molar-refractivity contribution in [2.45, 2.75) is 89.0 Å². The maximum absolute atomic E-state index is 16.8. The van der Waals surface area contributed by atoms with Crippen LogP contribution in [0.2, 0.25) is 0 Å². The number of halogens is 2. The predicted octanol–water partition coefficient (Wildman–Crippen LogP) is 6.56. The molecule has 0 saturated carbocycles. The number of nitrogens with zero attached hydrogens (tertiary/aromatic N) is 4. The summed E-state index contributed by atoms with van der Waals surface area (Å²) < 4.78 is 31.8. The number of pyridine rings is 1. The van der Waals surface area contributed by atoms with Gasteiger partial charge < -0.3 is 11.1 Å². The smallest absolute Gasteiger partial charge is 0.175 e. The summed E-state index contributed by atoms with van der Waals surface area (Å²) in [6.45, 7) is 4.31. The van der Waals surface area contributed by atoms with Crippen molar-refractivity contribution in [1.82, 2.24) is 25.2 Å². The molecule has 3 aliphatic heterocycles. The second-order valence-electron chi connectivity index (χ2n) is 13.3. The molecule has 8 heteroatoms. The van der Waals surface area contributed by atoms with Gasteiger partial charge in [0.15, 0.2) is 5.82 Å². The van der Waals surface area contributed by atoms with Crippen LogP contribution in [0, 0.1) is 24.1 Å². The van der Waals surface area contributed by atoms with Crippen LogP contribution in [-0.4, -0.2) is 51.6 Å². The molecule has 1 aromatic carbocycles. The molecule has 3 N–H and O–H groups in total. The van der Waals surface area contributed by atoms with Crippen molar-refractivity contribution < 1.29 is 8.78 Å². The molecular weight excluding hydrogens is 554 g/mol. The van der Waals surface area contributed by atoms with Crippen molar-refractivity contribution in [3.05, 3.63) is 52.5 Å². The lowest BCUT2D eigenvalue weighted by Gasteiger charge is -2.32. The zero-order chi connectivity index (χ0) is 30.3. The van der Waals surface area contributed by atoms with Gasteiger partial charge in [-0.3, -0.25) is 4.90 Å². The molecule has 5 heterocycles. The second-order valence-corrected chi connectivity index (χ2v) is 13.3. The Morgan fingerprint density at radius 3 is 2.70 bits per heavy atom. The van der Waals surface area contributed by atoms with Crippen molar-refractivity contribution in [2.24, 2.45) is 5.92 Å². The minimum absolute atomic E-state index is 0.159. The fraction of sp³-hybridized carbons (Fsp3) is 0.528. The zero-order valence-corrected chi connectivity index (χ0v) is 25.5. The third kappa shape index (κ3) is 5.28. The summed E-state index contributed by atoms with van der Waals surface area (Å²) in [4.78, 5) is 17.2. The molecule has 0 radical (unpaired) electrons. The highest BCUT2D eigenvalue weighted by Gasteiger charge is 2.43. The van der Waals surface area contributed by atoms with Crippen molar-refractivity contribution in [3.8, 4) is 23.6 Å². The molecule has 1 atom stereocenters. The number of aryl methyl sites for hydroxylation is 3. The van der Waals surface area contributed by atoms with E-state index in [1.54, 1.807) is 6.07 Å². The fourth-order valence-corrected chi connectivity index (χ4v) is 8.41. The molecule has 0 spiro atoms. The molecule has 7 rings (SSSR count). The first-order chi connectivity index (χ1) is 21.5. The minimum Gasteiger partial charge on any atom is -0.383 e. The van der Waals surface area contributed by atoms with E-state index in [1.807, 2.05) is 12.1 Å². The first-order valence-electron chi connectivity index (χ1n) is 16.6. The molecular formula is C36H42F2N6. The van der Waals surface area contributed by atoms with Crippen molar-refractivity contribution >= 4 is 22.3 Å². The van der Waals surface area contributed by atoms with Crippen LogP contribution in [0.15, 0.2) is 24.0 Å². The predicted molar refractivity (Wildman–Crippen MR) is 172 cm³/mol. The Labute approximate surface area is 258 Å². The minimum atomic E-state index is -0.549. The number of anilines is 1. The Bertz CT molecular complexity index is 1640. The van der Waals surface area contributed by atoms with Crippen LogP contribution >= 0.6 is 0 Å². The number of nitrogen functional groups attached to an aromatic ring is 1. The van der Waals surface area contributed by atoms with Crippen LogP contribution in [0.5, 0.6) is 0 Å². The first-order valence-corrected chi connectivity index (χ1v) is 16.6. The fourth-order valence-electron chi connectivity index (χ4n) is 8.41. The normalized spacial score (nSPS) is 21.7. The molecule has 3 saturated heterocycles. The van der Waals surface area contributed by atoms with Crippen molar-refractivity contribution in [2.75, 3.05) is 31.9 Å². The highest BCUT2D eigenvalue weighted by molar-refractivity contribution is 5.96. The molecule has 3 aromatic rings. The molecule has 44 heavy (non-hydrogen) atoms. The maximum Gasteiger partial charge on any atom is 0.175 e. The summed E-state index contributed by atoms with van der Waals surface area (Å²) in [5, 5.41) is 4.05. The van der Waals surface area contributed by atoms with E-state index < -0.39 is 5.82 Å². The Morgan fingerprint density at radius 2 is 1.89 bits per heavy atom. The summed E-state index contributed by atoms with van der Waals surface area (Å²) >= 11 is 0. The lowest BCUT2D eigenvalue weighted by Crippen LogP contribution is -2.38. The van der Waals surface area contributed by atoms with E-state index in [9.17, 15) is 0 Å². The zero-order valence-electron chi connectivity index (χ0n) is 25.5. The van der Waals surface area contributed by atoms with E-state index in [-0.39, 0.29) is 40.4 Å². The summed E-state index contributed by atoms with van der Waals surface area (Å²) in [6, 6.07) is 5.61. The first kappa shape index (κ1) is 29.3. The molecule has 4 aliphatic rings. The maximum atomic E-state index is 16.8. The van der Waals surface area contributed by atoms with Crippen LogP contribution in [0.1, 0.15) is 86.9 Å². The molecule has 0 amide bonds. The number of aromatic nitrogens is 3. The van der Waals surface area contributed by atoms with Gasteiger partial charge in [0.2, 0.25) is 0 Å². The molecule has 1 aliphatic carbocycles. The number of allylic oxidation sites excluding steroid dienone is 2. The molecule has 230 valence electrons. The molecule has 6 nitrogen and oxygen atoms in total. The third-order valence-corrected chi connectivity index (χ3v) is 10.7. The summed E-state index contributed by atoms with van der Waals surface area (Å²) in [5.74, 6) is 3.01. The monoisotopic (exact) mass is 596 g/mol. The van der Waals surface area contributed by atoms with Crippen LogP contribution in [0.4, 0.5) is 14.6 Å². The van der Waals surface area contributed by atoms with E-state index >= 15 is 8.78 Å². The highest BCUT2D eigenvalue weighted by atomic mass is 19.1. The number of nitrogens with one attached hydrogen (secondary N) is 1.